The van der Waals surface area contributed by atoms with Crippen LogP contribution in [-0.4, -0.2) is 10.9 Å². The van der Waals surface area contributed by atoms with E-state index in [1.54, 1.807) is 24.3 Å². The van der Waals surface area contributed by atoms with Crippen LogP contribution in [0, 0.1) is 20.8 Å². The standard InChI is InChI=1S/C23H20ClN5OS/c1-12-4-8-17(9-5-12)28-29-20-13(2)18-19(25)21(31-23(18)26-14(20)3)22(30)27-16-10-6-15(24)7-11-16/h4-11H,25H2,1-3H3,(H,27,30). The van der Waals surface area contributed by atoms with Crippen LogP contribution < -0.4 is 11.1 Å². The van der Waals surface area contributed by atoms with E-state index in [9.17, 15) is 4.79 Å². The second-order valence-corrected chi connectivity index (χ2v) is 8.63. The predicted molar refractivity (Wildman–Crippen MR) is 128 cm³/mol. The molecule has 0 saturated heterocycles. The van der Waals surface area contributed by atoms with E-state index in [1.165, 1.54) is 11.3 Å². The molecular formula is C23H20ClN5OS. The van der Waals surface area contributed by atoms with E-state index in [-0.39, 0.29) is 5.91 Å². The van der Waals surface area contributed by atoms with E-state index in [0.717, 1.165) is 27.9 Å². The van der Waals surface area contributed by atoms with Crippen LogP contribution >= 0.6 is 22.9 Å². The summed E-state index contributed by atoms with van der Waals surface area (Å²) in [5, 5.41) is 12.9. The molecule has 31 heavy (non-hydrogen) atoms. The topological polar surface area (TPSA) is 92.7 Å². The van der Waals surface area contributed by atoms with E-state index in [4.69, 9.17) is 17.3 Å². The van der Waals surface area contributed by atoms with Crippen molar-refractivity contribution in [1.82, 2.24) is 4.98 Å². The summed E-state index contributed by atoms with van der Waals surface area (Å²) in [5.74, 6) is -0.289. The van der Waals surface area contributed by atoms with Crippen LogP contribution in [0.3, 0.4) is 0 Å². The van der Waals surface area contributed by atoms with Crippen LogP contribution in [0.15, 0.2) is 58.8 Å². The number of carbonyl (C=O) groups excluding carboxylic acids is 1. The van der Waals surface area contributed by atoms with Gasteiger partial charge in [0.05, 0.1) is 17.1 Å². The number of anilines is 2. The summed E-state index contributed by atoms with van der Waals surface area (Å²) >= 11 is 7.17. The van der Waals surface area contributed by atoms with Crippen LogP contribution in [0.4, 0.5) is 22.7 Å². The first-order valence-corrected chi connectivity index (χ1v) is 10.8. The van der Waals surface area contributed by atoms with Gasteiger partial charge in [0.25, 0.3) is 5.91 Å². The molecule has 2 aromatic heterocycles. The molecule has 3 N–H and O–H groups in total. The van der Waals surface area contributed by atoms with Crippen LogP contribution in [0.1, 0.15) is 26.5 Å². The lowest BCUT2D eigenvalue weighted by Gasteiger charge is -2.06. The number of nitrogens with two attached hydrogens (primary N) is 1. The summed E-state index contributed by atoms with van der Waals surface area (Å²) in [7, 11) is 0. The second kappa shape index (κ2) is 8.45. The number of hydrogen-bond acceptors (Lipinski definition) is 6. The molecule has 4 rings (SSSR count). The normalized spacial score (nSPS) is 11.4. The molecule has 0 radical (unpaired) electrons. The van der Waals surface area contributed by atoms with Gasteiger partial charge in [-0.1, -0.05) is 29.3 Å². The van der Waals surface area contributed by atoms with Gasteiger partial charge in [-0.05, 0) is 62.7 Å². The molecule has 0 atom stereocenters. The van der Waals surface area contributed by atoms with Gasteiger partial charge >= 0.3 is 0 Å². The van der Waals surface area contributed by atoms with Gasteiger partial charge in [0.15, 0.2) is 0 Å². The molecule has 0 spiro atoms. The maximum Gasteiger partial charge on any atom is 0.267 e. The first-order valence-electron chi connectivity index (χ1n) is 9.58. The number of amides is 1. The minimum absolute atomic E-state index is 0.289. The Kier molecular flexibility index (Phi) is 5.71. The number of thiophene rings is 1. The molecule has 156 valence electrons. The summed E-state index contributed by atoms with van der Waals surface area (Å²) in [6.45, 7) is 5.82. The minimum Gasteiger partial charge on any atom is -0.397 e. The zero-order valence-electron chi connectivity index (χ0n) is 17.2. The lowest BCUT2D eigenvalue weighted by atomic mass is 10.1. The van der Waals surface area contributed by atoms with E-state index in [2.05, 4.69) is 20.5 Å². The van der Waals surface area contributed by atoms with Crippen LogP contribution in [0.5, 0.6) is 0 Å². The number of rotatable bonds is 4. The van der Waals surface area contributed by atoms with Crippen LogP contribution in [-0.2, 0) is 0 Å². The number of fused-ring (bicyclic) bond motifs is 1. The van der Waals surface area contributed by atoms with Gasteiger partial charge in [0.2, 0.25) is 0 Å². The molecule has 0 saturated carbocycles. The Morgan fingerprint density at radius 1 is 1.03 bits per heavy atom. The van der Waals surface area contributed by atoms with Gasteiger partial charge in [-0.2, -0.15) is 5.11 Å². The van der Waals surface area contributed by atoms with Gasteiger partial charge < -0.3 is 11.1 Å². The molecule has 2 heterocycles. The van der Waals surface area contributed by atoms with Crippen LogP contribution in [0.25, 0.3) is 10.2 Å². The molecule has 1 amide bonds. The van der Waals surface area contributed by atoms with Crippen molar-refractivity contribution in [2.75, 3.05) is 11.1 Å². The van der Waals surface area contributed by atoms with E-state index < -0.39 is 0 Å². The largest absolute Gasteiger partial charge is 0.397 e. The van der Waals surface area contributed by atoms with E-state index in [1.807, 2.05) is 45.0 Å². The smallest absolute Gasteiger partial charge is 0.267 e. The van der Waals surface area contributed by atoms with Gasteiger partial charge in [-0.25, -0.2) is 4.98 Å². The summed E-state index contributed by atoms with van der Waals surface area (Å²) < 4.78 is 0. The third-order valence-electron chi connectivity index (χ3n) is 4.88. The molecular weight excluding hydrogens is 430 g/mol. The fourth-order valence-electron chi connectivity index (χ4n) is 3.22. The van der Waals surface area contributed by atoms with Crippen molar-refractivity contribution >= 4 is 61.8 Å². The van der Waals surface area contributed by atoms with Gasteiger partial charge in [0, 0.05) is 16.1 Å². The summed E-state index contributed by atoms with van der Waals surface area (Å²) in [4.78, 5) is 18.6. The van der Waals surface area contributed by atoms with Crippen molar-refractivity contribution in [3.63, 3.8) is 0 Å². The molecule has 6 nitrogen and oxygen atoms in total. The number of nitrogens with zero attached hydrogens (tertiary/aromatic N) is 3. The minimum atomic E-state index is -0.289. The maximum atomic E-state index is 12.8. The molecule has 0 aliphatic heterocycles. The average molecular weight is 450 g/mol. The Labute approximate surface area is 188 Å². The molecule has 0 bridgehead atoms. The monoisotopic (exact) mass is 449 g/mol. The molecule has 0 aliphatic rings. The SMILES string of the molecule is Cc1ccc(N=Nc2c(C)nc3sc(C(=O)Nc4ccc(Cl)cc4)c(N)c3c2C)cc1. The van der Waals surface area contributed by atoms with E-state index >= 15 is 0 Å². The third kappa shape index (κ3) is 4.28. The lowest BCUT2D eigenvalue weighted by Crippen LogP contribution is -2.11. The second-order valence-electron chi connectivity index (χ2n) is 7.19. The van der Waals surface area contributed by atoms with E-state index in [0.29, 0.717) is 31.8 Å². The summed E-state index contributed by atoms with van der Waals surface area (Å²) in [5.41, 5.74) is 11.5. The quantitative estimate of drug-likeness (QED) is 0.324. The number of pyridine rings is 1. The summed E-state index contributed by atoms with van der Waals surface area (Å²) in [6.07, 6.45) is 0. The molecule has 0 aliphatic carbocycles. The number of aromatic nitrogens is 1. The first kappa shape index (κ1) is 21.0. The summed E-state index contributed by atoms with van der Waals surface area (Å²) in [6, 6.07) is 14.7. The number of hydrogen-bond donors (Lipinski definition) is 2. The highest BCUT2D eigenvalue weighted by molar-refractivity contribution is 7.21. The Morgan fingerprint density at radius 2 is 1.71 bits per heavy atom. The number of nitrogen functional groups attached to an aromatic ring is 1. The Morgan fingerprint density at radius 3 is 2.39 bits per heavy atom. The Balaban J connectivity index is 1.70. The van der Waals surface area contributed by atoms with Crippen molar-refractivity contribution in [3.05, 3.63) is 75.3 Å². The molecule has 2 aromatic carbocycles. The fraction of sp³-hybridized carbons (Fsp3) is 0.130. The van der Waals surface area contributed by atoms with Crippen molar-refractivity contribution < 1.29 is 4.79 Å². The zero-order valence-corrected chi connectivity index (χ0v) is 18.8. The number of nitrogens with one attached hydrogen (secondary N) is 1. The first-order chi connectivity index (χ1) is 14.8. The number of azo groups is 1. The van der Waals surface area contributed by atoms with Gasteiger partial charge in [-0.3, -0.25) is 4.79 Å². The molecule has 8 heteroatoms. The Bertz CT molecular complexity index is 1310. The number of benzene rings is 2. The zero-order chi connectivity index (χ0) is 22.1. The van der Waals surface area contributed by atoms with Crippen molar-refractivity contribution in [1.29, 1.82) is 0 Å². The number of carbonyl (C=O) groups is 1. The fourth-order valence-corrected chi connectivity index (χ4v) is 4.45. The highest BCUT2D eigenvalue weighted by atomic mass is 35.5. The number of halogens is 1. The lowest BCUT2D eigenvalue weighted by molar-refractivity contribution is 0.103. The van der Waals surface area contributed by atoms with Crippen LogP contribution in [0.2, 0.25) is 5.02 Å². The van der Waals surface area contributed by atoms with Crippen molar-refractivity contribution in [2.45, 2.75) is 20.8 Å². The van der Waals surface area contributed by atoms with Crippen molar-refractivity contribution in [3.8, 4) is 0 Å². The van der Waals surface area contributed by atoms with Gasteiger partial charge in [-0.15, -0.1) is 16.5 Å². The third-order valence-corrected chi connectivity index (χ3v) is 6.23. The van der Waals surface area contributed by atoms with Gasteiger partial charge in [0.1, 0.15) is 15.4 Å². The molecule has 4 aromatic rings. The van der Waals surface area contributed by atoms with Crippen molar-refractivity contribution in [2.24, 2.45) is 10.2 Å². The highest BCUT2D eigenvalue weighted by Gasteiger charge is 2.21. The highest BCUT2D eigenvalue weighted by Crippen LogP contribution is 2.40. The number of aryl methyl sites for hydroxylation is 3. The molecule has 0 fully saturated rings. The maximum absolute atomic E-state index is 12.8. The molecule has 0 unspecified atom stereocenters. The Hall–Kier alpha value is -3.29. The predicted octanol–water partition coefficient (Wildman–Crippen LogP) is 7.12. The average Bonchev–Trinajstić information content (AvgIpc) is 3.07.